The highest BCUT2D eigenvalue weighted by Crippen LogP contribution is 2.28. The average Bonchev–Trinajstić information content (AvgIpc) is 2.86. The largest absolute Gasteiger partial charge is 0.363 e. The fourth-order valence-corrected chi connectivity index (χ4v) is 1.80. The molecule has 0 amide bonds. The topological polar surface area (TPSA) is 15.0 Å². The van der Waals surface area contributed by atoms with Gasteiger partial charge in [0.25, 0.3) is 0 Å². The summed E-state index contributed by atoms with van der Waals surface area (Å²) in [5.74, 6) is 0. The normalized spacial score (nSPS) is 20.5. The van der Waals surface area contributed by atoms with Crippen molar-refractivity contribution in [2.24, 2.45) is 0 Å². The van der Waals surface area contributed by atoms with Gasteiger partial charge < -0.3 is 10.2 Å². The number of rotatable bonds is 3. The van der Waals surface area contributed by atoms with Crippen molar-refractivity contribution in [3.8, 4) is 0 Å². The molecule has 1 N–H and O–H groups in total. The van der Waals surface area contributed by atoms with Crippen LogP contribution in [0.4, 0.5) is 5.69 Å². The molecule has 0 aliphatic carbocycles. The summed E-state index contributed by atoms with van der Waals surface area (Å²) in [7, 11) is 2.00. The van der Waals surface area contributed by atoms with Crippen molar-refractivity contribution in [1.82, 2.24) is 5.32 Å². The van der Waals surface area contributed by atoms with E-state index in [0.29, 0.717) is 6.04 Å². The Bertz CT molecular complexity index is 283. The van der Waals surface area contributed by atoms with E-state index < -0.39 is 0 Å². The maximum Gasteiger partial charge on any atom is 0.0590 e. The Balaban J connectivity index is 2.00. The van der Waals surface area contributed by atoms with Crippen molar-refractivity contribution in [1.29, 1.82) is 0 Å². The van der Waals surface area contributed by atoms with Crippen LogP contribution >= 0.6 is 15.9 Å². The highest BCUT2D eigenvalue weighted by atomic mass is 79.9. The van der Waals surface area contributed by atoms with Gasteiger partial charge in [-0.1, -0.05) is 15.9 Å². The summed E-state index contributed by atoms with van der Waals surface area (Å²) in [6, 6.07) is 9.18. The molecule has 0 radical (unpaired) electrons. The van der Waals surface area contributed by atoms with Crippen LogP contribution in [0.2, 0.25) is 0 Å². The molecule has 1 heterocycles. The minimum Gasteiger partial charge on any atom is -0.363 e. The van der Waals surface area contributed by atoms with Crippen LogP contribution in [0.25, 0.3) is 0 Å². The second kappa shape index (κ2) is 3.68. The van der Waals surface area contributed by atoms with Gasteiger partial charge in [-0.2, -0.15) is 0 Å². The molecule has 1 aromatic rings. The zero-order valence-corrected chi connectivity index (χ0v) is 9.21. The van der Waals surface area contributed by atoms with Gasteiger partial charge in [0, 0.05) is 23.2 Å². The lowest BCUT2D eigenvalue weighted by Crippen LogP contribution is -2.16. The third-order valence-electron chi connectivity index (χ3n) is 2.31. The van der Waals surface area contributed by atoms with E-state index in [9.17, 15) is 0 Å². The number of hydrogen-bond donors (Lipinski definition) is 1. The summed E-state index contributed by atoms with van der Waals surface area (Å²) in [4.78, 5) is 2.39. The van der Waals surface area contributed by atoms with Crippen LogP contribution in [-0.2, 0) is 0 Å². The molecule has 1 saturated heterocycles. The van der Waals surface area contributed by atoms with E-state index in [1.165, 1.54) is 12.2 Å². The summed E-state index contributed by atoms with van der Waals surface area (Å²) in [6.45, 7) is 2.26. The molecule has 1 fully saturated rings. The molecule has 1 aliphatic heterocycles. The molecule has 1 unspecified atom stereocenters. The zero-order chi connectivity index (χ0) is 9.26. The van der Waals surface area contributed by atoms with E-state index >= 15 is 0 Å². The molecular weight excluding hydrogens is 228 g/mol. The van der Waals surface area contributed by atoms with Gasteiger partial charge in [0.2, 0.25) is 0 Å². The van der Waals surface area contributed by atoms with Crippen molar-refractivity contribution in [3.05, 3.63) is 28.7 Å². The van der Waals surface area contributed by atoms with Crippen LogP contribution in [0.1, 0.15) is 0 Å². The quantitative estimate of drug-likeness (QED) is 0.812. The summed E-state index contributed by atoms with van der Waals surface area (Å²) in [5.41, 5.74) is 1.32. The van der Waals surface area contributed by atoms with Crippen molar-refractivity contribution in [2.75, 3.05) is 25.0 Å². The van der Waals surface area contributed by atoms with E-state index in [4.69, 9.17) is 0 Å². The average molecular weight is 241 g/mol. The van der Waals surface area contributed by atoms with Crippen LogP contribution in [0.3, 0.4) is 0 Å². The molecule has 0 aromatic heterocycles. The first-order valence-electron chi connectivity index (χ1n) is 4.48. The summed E-state index contributed by atoms with van der Waals surface area (Å²) in [5, 5.41) is 3.19. The predicted octanol–water partition coefficient (Wildman–Crippen LogP) is 1.86. The summed E-state index contributed by atoms with van der Waals surface area (Å²) >= 11 is 3.43. The van der Waals surface area contributed by atoms with Crippen molar-refractivity contribution in [2.45, 2.75) is 6.04 Å². The number of likely N-dealkylation sites (N-methyl/N-ethyl adjacent to an activating group) is 1. The minimum atomic E-state index is 0.700. The number of nitrogens with one attached hydrogen (secondary N) is 1. The SMILES string of the molecule is CNCC1CN1c1ccc(Br)cc1. The van der Waals surface area contributed by atoms with Crippen LogP contribution in [0, 0.1) is 0 Å². The third kappa shape index (κ3) is 2.03. The second-order valence-electron chi connectivity index (χ2n) is 3.34. The highest BCUT2D eigenvalue weighted by molar-refractivity contribution is 9.10. The molecule has 0 spiro atoms. The molecule has 2 nitrogen and oxygen atoms in total. The zero-order valence-electron chi connectivity index (χ0n) is 7.63. The minimum absolute atomic E-state index is 0.700. The molecule has 1 atom stereocenters. The van der Waals surface area contributed by atoms with Gasteiger partial charge >= 0.3 is 0 Å². The van der Waals surface area contributed by atoms with Crippen LogP contribution in [0.5, 0.6) is 0 Å². The molecule has 70 valence electrons. The highest BCUT2D eigenvalue weighted by Gasteiger charge is 2.32. The second-order valence-corrected chi connectivity index (χ2v) is 4.26. The van der Waals surface area contributed by atoms with Crippen molar-refractivity contribution >= 4 is 21.6 Å². The fourth-order valence-electron chi connectivity index (χ4n) is 1.54. The first-order valence-corrected chi connectivity index (χ1v) is 5.27. The van der Waals surface area contributed by atoms with E-state index in [1.54, 1.807) is 0 Å². The maximum atomic E-state index is 3.43. The standard InChI is InChI=1S/C10H13BrN2/c1-12-6-10-7-13(10)9-4-2-8(11)3-5-9/h2-5,10,12H,6-7H2,1H3. The smallest absolute Gasteiger partial charge is 0.0590 e. The Hall–Kier alpha value is -0.540. The van der Waals surface area contributed by atoms with E-state index in [2.05, 4.69) is 50.4 Å². The number of hydrogen-bond acceptors (Lipinski definition) is 2. The number of benzene rings is 1. The van der Waals surface area contributed by atoms with Crippen molar-refractivity contribution in [3.63, 3.8) is 0 Å². The van der Waals surface area contributed by atoms with Gasteiger partial charge in [-0.25, -0.2) is 0 Å². The molecule has 2 rings (SSSR count). The molecule has 3 heteroatoms. The number of halogens is 1. The molecule has 0 saturated carbocycles. The first kappa shape index (κ1) is 9.03. The van der Waals surface area contributed by atoms with Crippen LogP contribution in [-0.4, -0.2) is 26.2 Å². The monoisotopic (exact) mass is 240 g/mol. The Labute approximate surface area is 87.1 Å². The lowest BCUT2D eigenvalue weighted by Gasteiger charge is -2.04. The van der Waals surface area contributed by atoms with E-state index in [-0.39, 0.29) is 0 Å². The van der Waals surface area contributed by atoms with E-state index in [1.807, 2.05) is 7.05 Å². The molecule has 1 aliphatic rings. The van der Waals surface area contributed by atoms with Crippen LogP contribution in [0.15, 0.2) is 28.7 Å². The predicted molar refractivity (Wildman–Crippen MR) is 59.2 cm³/mol. The molecule has 1 aromatic carbocycles. The lowest BCUT2D eigenvalue weighted by molar-refractivity contribution is 0.791. The Morgan fingerprint density at radius 3 is 2.77 bits per heavy atom. The lowest BCUT2D eigenvalue weighted by atomic mass is 10.3. The summed E-state index contributed by atoms with van der Waals surface area (Å²) in [6.07, 6.45) is 0. The van der Waals surface area contributed by atoms with Gasteiger partial charge in [0.15, 0.2) is 0 Å². The van der Waals surface area contributed by atoms with Gasteiger partial charge in [0.05, 0.1) is 6.04 Å². The van der Waals surface area contributed by atoms with Gasteiger partial charge in [-0.3, -0.25) is 0 Å². The Morgan fingerprint density at radius 2 is 2.15 bits per heavy atom. The van der Waals surface area contributed by atoms with Gasteiger partial charge in [0.1, 0.15) is 0 Å². The van der Waals surface area contributed by atoms with Gasteiger partial charge in [-0.15, -0.1) is 0 Å². The maximum absolute atomic E-state index is 3.43. The first-order chi connectivity index (χ1) is 6.31. The number of anilines is 1. The molecular formula is C10H13BrN2. The number of nitrogens with zero attached hydrogens (tertiary/aromatic N) is 1. The summed E-state index contributed by atoms with van der Waals surface area (Å²) < 4.78 is 1.14. The van der Waals surface area contributed by atoms with Crippen molar-refractivity contribution < 1.29 is 0 Å². The van der Waals surface area contributed by atoms with E-state index in [0.717, 1.165) is 11.0 Å². The molecule has 13 heavy (non-hydrogen) atoms. The van der Waals surface area contributed by atoms with Crippen LogP contribution < -0.4 is 10.2 Å². The Morgan fingerprint density at radius 1 is 1.46 bits per heavy atom. The Kier molecular flexibility index (Phi) is 2.56. The fraction of sp³-hybridized carbons (Fsp3) is 0.400. The molecule has 0 bridgehead atoms. The third-order valence-corrected chi connectivity index (χ3v) is 2.84. The van der Waals surface area contributed by atoms with Gasteiger partial charge in [-0.05, 0) is 31.3 Å².